The molecule has 0 radical (unpaired) electrons. The Labute approximate surface area is 115 Å². The van der Waals surface area contributed by atoms with Gasteiger partial charge in [-0.05, 0) is 42.4 Å². The quantitative estimate of drug-likeness (QED) is 0.912. The molecule has 20 heavy (non-hydrogen) atoms. The first kappa shape index (κ1) is 12.8. The van der Waals surface area contributed by atoms with Crippen LogP contribution < -0.4 is 0 Å². The highest BCUT2D eigenvalue weighted by Crippen LogP contribution is 2.44. The number of halogens is 1. The Morgan fingerprint density at radius 3 is 2.85 bits per heavy atom. The molecule has 1 aliphatic carbocycles. The molecule has 1 aromatic carbocycles. The van der Waals surface area contributed by atoms with E-state index in [1.165, 1.54) is 12.4 Å². The molecule has 1 aliphatic rings. The first-order valence-electron chi connectivity index (χ1n) is 6.64. The van der Waals surface area contributed by atoms with Crippen LogP contribution in [0.25, 0.3) is 5.69 Å². The van der Waals surface area contributed by atoms with E-state index < -0.39 is 5.97 Å². The highest BCUT2D eigenvalue weighted by Gasteiger charge is 2.34. The predicted molar refractivity (Wildman–Crippen MR) is 71.2 cm³/mol. The molecule has 104 valence electrons. The lowest BCUT2D eigenvalue weighted by Crippen LogP contribution is -2.09. The number of carboxylic acid groups (broad SMARTS) is 1. The van der Waals surface area contributed by atoms with Crippen LogP contribution in [0.3, 0.4) is 0 Å². The summed E-state index contributed by atoms with van der Waals surface area (Å²) in [5.41, 5.74) is 1.20. The summed E-state index contributed by atoms with van der Waals surface area (Å²) in [6.07, 6.45) is 6.92. The van der Waals surface area contributed by atoms with Gasteiger partial charge in [0.1, 0.15) is 5.82 Å². The third-order valence-electron chi connectivity index (χ3n) is 3.77. The van der Waals surface area contributed by atoms with Crippen LogP contribution in [-0.4, -0.2) is 20.6 Å². The summed E-state index contributed by atoms with van der Waals surface area (Å²) in [5, 5.41) is 8.99. The first-order chi connectivity index (χ1) is 9.65. The van der Waals surface area contributed by atoms with Gasteiger partial charge in [-0.1, -0.05) is 6.07 Å². The van der Waals surface area contributed by atoms with E-state index in [0.29, 0.717) is 11.6 Å². The molecule has 0 bridgehead atoms. The zero-order valence-corrected chi connectivity index (χ0v) is 10.9. The Hall–Kier alpha value is -2.17. The molecule has 0 aliphatic heterocycles. The Morgan fingerprint density at radius 1 is 1.50 bits per heavy atom. The molecule has 2 aromatic rings. The molecule has 1 atom stereocenters. The molecule has 3 rings (SSSR count). The topological polar surface area (TPSA) is 55.1 Å². The second-order valence-electron chi connectivity index (χ2n) is 5.22. The summed E-state index contributed by atoms with van der Waals surface area (Å²) < 4.78 is 15.8. The summed E-state index contributed by atoms with van der Waals surface area (Å²) in [5.74, 6) is -0.888. The summed E-state index contributed by atoms with van der Waals surface area (Å²) in [7, 11) is 0. The van der Waals surface area contributed by atoms with Crippen molar-refractivity contribution < 1.29 is 14.3 Å². The molecule has 1 saturated carbocycles. The van der Waals surface area contributed by atoms with E-state index >= 15 is 0 Å². The molecule has 1 N–H and O–H groups in total. The highest BCUT2D eigenvalue weighted by atomic mass is 19.1. The molecule has 4 nitrogen and oxygen atoms in total. The summed E-state index contributed by atoms with van der Waals surface area (Å²) in [6.45, 7) is 0. The SMILES string of the molecule is O=C(O)CC(c1ccc(-n2ccnc2)c(F)c1)C1CC1. The van der Waals surface area contributed by atoms with Gasteiger partial charge in [-0.2, -0.15) is 0 Å². The summed E-state index contributed by atoms with van der Waals surface area (Å²) >= 11 is 0. The van der Waals surface area contributed by atoms with Crippen LogP contribution in [0.5, 0.6) is 0 Å². The Morgan fingerprint density at radius 2 is 2.30 bits per heavy atom. The van der Waals surface area contributed by atoms with Crippen LogP contribution in [0.2, 0.25) is 0 Å². The van der Waals surface area contributed by atoms with Crippen molar-refractivity contribution in [3.63, 3.8) is 0 Å². The average Bonchev–Trinajstić information content (AvgIpc) is 3.11. The molecule has 0 spiro atoms. The van der Waals surface area contributed by atoms with Crippen molar-refractivity contribution in [1.82, 2.24) is 9.55 Å². The summed E-state index contributed by atoms with van der Waals surface area (Å²) in [4.78, 5) is 14.8. The predicted octanol–water partition coefficient (Wildman–Crippen LogP) is 2.98. The Bertz CT molecular complexity index is 621. The first-order valence-corrected chi connectivity index (χ1v) is 6.64. The van der Waals surface area contributed by atoms with Gasteiger partial charge in [0.2, 0.25) is 0 Å². The average molecular weight is 274 g/mol. The number of imidazole rings is 1. The van der Waals surface area contributed by atoms with E-state index in [9.17, 15) is 9.18 Å². The third kappa shape index (κ3) is 2.57. The maximum Gasteiger partial charge on any atom is 0.303 e. The largest absolute Gasteiger partial charge is 0.481 e. The van der Waals surface area contributed by atoms with Crippen molar-refractivity contribution >= 4 is 5.97 Å². The molecule has 0 saturated heterocycles. The minimum Gasteiger partial charge on any atom is -0.481 e. The number of nitrogens with zero attached hydrogens (tertiary/aromatic N) is 2. The number of hydrogen-bond acceptors (Lipinski definition) is 2. The van der Waals surface area contributed by atoms with Crippen LogP contribution in [-0.2, 0) is 4.79 Å². The van der Waals surface area contributed by atoms with Crippen molar-refractivity contribution in [1.29, 1.82) is 0 Å². The molecular formula is C15H15FN2O2. The van der Waals surface area contributed by atoms with E-state index in [0.717, 1.165) is 18.4 Å². The second-order valence-corrected chi connectivity index (χ2v) is 5.22. The number of carboxylic acids is 1. The number of aliphatic carboxylic acids is 1. The van der Waals surface area contributed by atoms with E-state index in [4.69, 9.17) is 5.11 Å². The van der Waals surface area contributed by atoms with Gasteiger partial charge in [0.25, 0.3) is 0 Å². The van der Waals surface area contributed by atoms with Crippen LogP contribution in [0.4, 0.5) is 4.39 Å². The number of benzene rings is 1. The van der Waals surface area contributed by atoms with Gasteiger partial charge < -0.3 is 9.67 Å². The van der Waals surface area contributed by atoms with Crippen LogP contribution in [0.1, 0.15) is 30.7 Å². The molecule has 5 heteroatoms. The Kier molecular flexibility index (Phi) is 3.26. The maximum atomic E-state index is 14.2. The van der Waals surface area contributed by atoms with E-state index in [1.54, 1.807) is 23.0 Å². The van der Waals surface area contributed by atoms with Gasteiger partial charge >= 0.3 is 5.97 Å². The zero-order valence-electron chi connectivity index (χ0n) is 10.9. The fraction of sp³-hybridized carbons (Fsp3) is 0.333. The van der Waals surface area contributed by atoms with Crippen molar-refractivity contribution in [3.8, 4) is 5.69 Å². The standard InChI is InChI=1S/C15H15FN2O2/c16-13-7-11(12(8-15(19)20)10-1-2-10)3-4-14(13)18-6-5-17-9-18/h3-7,9-10,12H,1-2,8H2,(H,19,20). The minimum atomic E-state index is -0.832. The van der Waals surface area contributed by atoms with Crippen molar-refractivity contribution in [2.45, 2.75) is 25.2 Å². The van der Waals surface area contributed by atoms with Crippen molar-refractivity contribution in [2.24, 2.45) is 5.92 Å². The molecule has 0 amide bonds. The molecule has 1 heterocycles. The number of aromatic nitrogens is 2. The molecule has 1 fully saturated rings. The van der Waals surface area contributed by atoms with Gasteiger partial charge in [0, 0.05) is 12.4 Å². The van der Waals surface area contributed by atoms with Crippen molar-refractivity contribution in [2.75, 3.05) is 0 Å². The molecule has 1 unspecified atom stereocenters. The fourth-order valence-electron chi connectivity index (χ4n) is 2.61. The lowest BCUT2D eigenvalue weighted by Gasteiger charge is -2.15. The van der Waals surface area contributed by atoms with Gasteiger partial charge in [-0.15, -0.1) is 0 Å². The lowest BCUT2D eigenvalue weighted by atomic mass is 9.91. The minimum absolute atomic E-state index is 0.0640. The molecular weight excluding hydrogens is 259 g/mol. The number of carbonyl (C=O) groups is 1. The van der Waals surface area contributed by atoms with Crippen molar-refractivity contribution in [3.05, 3.63) is 48.3 Å². The van der Waals surface area contributed by atoms with Gasteiger partial charge in [0.05, 0.1) is 18.4 Å². The van der Waals surface area contributed by atoms with E-state index in [2.05, 4.69) is 4.98 Å². The second kappa shape index (κ2) is 5.07. The normalized spacial score (nSPS) is 16.1. The monoisotopic (exact) mass is 274 g/mol. The van der Waals surface area contributed by atoms with Crippen LogP contribution >= 0.6 is 0 Å². The number of rotatable bonds is 5. The Balaban J connectivity index is 1.90. The van der Waals surface area contributed by atoms with Crippen LogP contribution in [0, 0.1) is 11.7 Å². The fourth-order valence-corrected chi connectivity index (χ4v) is 2.61. The maximum absolute atomic E-state index is 14.2. The molecule has 1 aromatic heterocycles. The summed E-state index contributed by atoms with van der Waals surface area (Å²) in [6, 6.07) is 4.97. The van der Waals surface area contributed by atoms with Gasteiger partial charge in [0.15, 0.2) is 0 Å². The number of hydrogen-bond donors (Lipinski definition) is 1. The highest BCUT2D eigenvalue weighted by molar-refractivity contribution is 5.68. The van der Waals surface area contributed by atoms with Crippen LogP contribution in [0.15, 0.2) is 36.9 Å². The smallest absolute Gasteiger partial charge is 0.303 e. The lowest BCUT2D eigenvalue weighted by molar-refractivity contribution is -0.137. The van der Waals surface area contributed by atoms with E-state index in [-0.39, 0.29) is 18.2 Å². The zero-order chi connectivity index (χ0) is 14.1. The van der Waals surface area contributed by atoms with E-state index in [1.807, 2.05) is 6.07 Å². The third-order valence-corrected chi connectivity index (χ3v) is 3.77. The van der Waals surface area contributed by atoms with Gasteiger partial charge in [-0.3, -0.25) is 4.79 Å². The van der Waals surface area contributed by atoms with Gasteiger partial charge in [-0.25, -0.2) is 9.37 Å².